The van der Waals surface area contributed by atoms with Gasteiger partial charge in [0.15, 0.2) is 0 Å². The predicted molar refractivity (Wildman–Crippen MR) is 80.6 cm³/mol. The summed E-state index contributed by atoms with van der Waals surface area (Å²) in [7, 11) is 0. The summed E-state index contributed by atoms with van der Waals surface area (Å²) >= 11 is 0. The maximum atomic E-state index is 11.8. The Kier molecular flexibility index (Phi) is 4.42. The molecule has 5 nitrogen and oxygen atoms in total. The molecule has 21 heavy (non-hydrogen) atoms. The molecule has 0 amide bonds. The van der Waals surface area contributed by atoms with Crippen molar-refractivity contribution in [1.82, 2.24) is 4.57 Å². The Morgan fingerprint density at radius 1 is 1.38 bits per heavy atom. The number of esters is 1. The third-order valence-corrected chi connectivity index (χ3v) is 3.28. The number of aromatic nitrogens is 1. The smallest absolute Gasteiger partial charge is 0.338 e. The van der Waals surface area contributed by atoms with Crippen molar-refractivity contribution in [3.05, 3.63) is 52.8 Å². The fourth-order valence-corrected chi connectivity index (χ4v) is 2.36. The summed E-state index contributed by atoms with van der Waals surface area (Å²) in [6, 6.07) is 9.18. The van der Waals surface area contributed by atoms with Gasteiger partial charge in [0.2, 0.25) is 0 Å². The summed E-state index contributed by atoms with van der Waals surface area (Å²) in [5.41, 5.74) is 4.14. The molecule has 1 aromatic carbocycles. The van der Waals surface area contributed by atoms with Gasteiger partial charge in [-0.15, -0.1) is 0 Å². The highest BCUT2D eigenvalue weighted by Gasteiger charge is 2.12. The van der Waals surface area contributed by atoms with E-state index in [1.54, 1.807) is 19.1 Å². The maximum absolute atomic E-state index is 11.8. The van der Waals surface area contributed by atoms with Crippen molar-refractivity contribution in [2.75, 3.05) is 6.61 Å². The average Bonchev–Trinajstić information content (AvgIpc) is 2.74. The van der Waals surface area contributed by atoms with Gasteiger partial charge in [0, 0.05) is 22.6 Å². The van der Waals surface area contributed by atoms with E-state index in [1.807, 2.05) is 36.6 Å². The van der Waals surface area contributed by atoms with Crippen molar-refractivity contribution in [2.24, 2.45) is 5.16 Å². The summed E-state index contributed by atoms with van der Waals surface area (Å²) in [6.07, 6.45) is 1.40. The highest BCUT2D eigenvalue weighted by atomic mass is 16.5. The fraction of sp³-hybridized carbons (Fsp3) is 0.250. The second-order valence-electron chi connectivity index (χ2n) is 4.68. The zero-order chi connectivity index (χ0) is 15.4. The summed E-state index contributed by atoms with van der Waals surface area (Å²) in [6.45, 7) is 6.02. The molecule has 0 bridgehead atoms. The van der Waals surface area contributed by atoms with Crippen LogP contribution in [0.15, 0.2) is 35.5 Å². The number of rotatable bonds is 4. The van der Waals surface area contributed by atoms with Crippen molar-refractivity contribution in [1.29, 1.82) is 0 Å². The number of benzene rings is 1. The highest BCUT2D eigenvalue weighted by molar-refractivity contribution is 5.90. The van der Waals surface area contributed by atoms with Gasteiger partial charge in [-0.3, -0.25) is 0 Å². The van der Waals surface area contributed by atoms with Crippen molar-refractivity contribution < 1.29 is 14.7 Å². The van der Waals surface area contributed by atoms with Crippen LogP contribution >= 0.6 is 0 Å². The van der Waals surface area contributed by atoms with E-state index >= 15 is 0 Å². The zero-order valence-corrected chi connectivity index (χ0v) is 12.3. The number of hydrogen-bond donors (Lipinski definition) is 1. The molecule has 0 aliphatic heterocycles. The molecule has 0 radical (unpaired) electrons. The standard InChI is InChI=1S/C16H18N2O3/c1-4-21-16(19)13-6-5-7-15(9-13)18-11(2)8-14(10-17-20)12(18)3/h5-10,20H,4H2,1-3H3/b17-10+. The number of oxime groups is 1. The molecule has 0 saturated carbocycles. The molecular weight excluding hydrogens is 268 g/mol. The van der Waals surface area contributed by atoms with Crippen LogP contribution in [0.3, 0.4) is 0 Å². The molecule has 5 heteroatoms. The molecule has 0 saturated heterocycles. The quantitative estimate of drug-likeness (QED) is 0.406. The van der Waals surface area contributed by atoms with Crippen LogP contribution < -0.4 is 0 Å². The summed E-state index contributed by atoms with van der Waals surface area (Å²) in [5.74, 6) is -0.334. The minimum atomic E-state index is -0.334. The number of nitrogens with zero attached hydrogens (tertiary/aromatic N) is 2. The lowest BCUT2D eigenvalue weighted by molar-refractivity contribution is 0.0526. The van der Waals surface area contributed by atoms with Gasteiger partial charge in [0.1, 0.15) is 0 Å². The monoisotopic (exact) mass is 286 g/mol. The van der Waals surface area contributed by atoms with E-state index in [0.29, 0.717) is 12.2 Å². The van der Waals surface area contributed by atoms with Crippen molar-refractivity contribution in [3.8, 4) is 5.69 Å². The highest BCUT2D eigenvalue weighted by Crippen LogP contribution is 2.21. The third kappa shape index (κ3) is 2.97. The van der Waals surface area contributed by atoms with Crippen LogP contribution in [0.25, 0.3) is 5.69 Å². The lowest BCUT2D eigenvalue weighted by atomic mass is 10.2. The van der Waals surface area contributed by atoms with E-state index in [1.165, 1.54) is 6.21 Å². The second kappa shape index (κ2) is 6.26. The normalized spacial score (nSPS) is 11.0. The molecule has 1 heterocycles. The van der Waals surface area contributed by atoms with Gasteiger partial charge in [-0.1, -0.05) is 11.2 Å². The van der Waals surface area contributed by atoms with Gasteiger partial charge in [0.25, 0.3) is 0 Å². The van der Waals surface area contributed by atoms with Crippen LogP contribution in [0, 0.1) is 13.8 Å². The van der Waals surface area contributed by atoms with Crippen LogP contribution in [0.2, 0.25) is 0 Å². The Bertz CT molecular complexity index is 687. The van der Waals surface area contributed by atoms with Crippen LogP contribution in [0.4, 0.5) is 0 Å². The van der Waals surface area contributed by atoms with Crippen LogP contribution in [-0.4, -0.2) is 28.6 Å². The summed E-state index contributed by atoms with van der Waals surface area (Å²) < 4.78 is 7.02. The van der Waals surface area contributed by atoms with Gasteiger partial charge < -0.3 is 14.5 Å². The molecule has 0 aliphatic rings. The van der Waals surface area contributed by atoms with Gasteiger partial charge in [-0.25, -0.2) is 4.79 Å². The van der Waals surface area contributed by atoms with Crippen LogP contribution in [0.1, 0.15) is 34.2 Å². The molecule has 2 rings (SSSR count). The van der Waals surface area contributed by atoms with Crippen molar-refractivity contribution >= 4 is 12.2 Å². The Balaban J connectivity index is 2.48. The Morgan fingerprint density at radius 3 is 2.81 bits per heavy atom. The molecular formula is C16H18N2O3. The number of aryl methyl sites for hydroxylation is 1. The topological polar surface area (TPSA) is 63.8 Å². The second-order valence-corrected chi connectivity index (χ2v) is 4.68. The molecule has 0 fully saturated rings. The maximum Gasteiger partial charge on any atom is 0.338 e. The van der Waals surface area contributed by atoms with Crippen molar-refractivity contribution in [2.45, 2.75) is 20.8 Å². The summed E-state index contributed by atoms with van der Waals surface area (Å²) in [4.78, 5) is 11.8. The average molecular weight is 286 g/mol. The van der Waals surface area contributed by atoms with Crippen LogP contribution in [0.5, 0.6) is 0 Å². The first-order chi connectivity index (χ1) is 10.1. The predicted octanol–water partition coefficient (Wildman–Crippen LogP) is 3.08. The van der Waals surface area contributed by atoms with Gasteiger partial charge in [-0.05, 0) is 45.0 Å². The zero-order valence-electron chi connectivity index (χ0n) is 12.3. The molecule has 0 unspecified atom stereocenters. The number of carbonyl (C=O) groups is 1. The largest absolute Gasteiger partial charge is 0.462 e. The van der Waals surface area contributed by atoms with E-state index < -0.39 is 0 Å². The number of carbonyl (C=O) groups excluding carboxylic acids is 1. The van der Waals surface area contributed by atoms with E-state index in [0.717, 1.165) is 22.6 Å². The molecule has 0 atom stereocenters. The summed E-state index contributed by atoms with van der Waals surface area (Å²) in [5, 5.41) is 11.8. The van der Waals surface area contributed by atoms with Crippen LogP contribution in [-0.2, 0) is 4.74 Å². The number of hydrogen-bond acceptors (Lipinski definition) is 4. The lowest BCUT2D eigenvalue weighted by Crippen LogP contribution is -2.06. The fourth-order valence-electron chi connectivity index (χ4n) is 2.36. The van der Waals surface area contributed by atoms with Gasteiger partial charge in [-0.2, -0.15) is 0 Å². The molecule has 110 valence electrons. The molecule has 2 aromatic rings. The SMILES string of the molecule is CCOC(=O)c1cccc(-n2c(C)cc(/C=N/O)c2C)c1. The van der Waals surface area contributed by atoms with Gasteiger partial charge in [0.05, 0.1) is 18.4 Å². The Labute approximate surface area is 123 Å². The lowest BCUT2D eigenvalue weighted by Gasteiger charge is -2.11. The van der Waals surface area contributed by atoms with E-state index in [2.05, 4.69) is 5.16 Å². The van der Waals surface area contributed by atoms with Gasteiger partial charge >= 0.3 is 5.97 Å². The molecule has 0 spiro atoms. The first kappa shape index (κ1) is 14.8. The van der Waals surface area contributed by atoms with E-state index in [-0.39, 0.29) is 5.97 Å². The minimum absolute atomic E-state index is 0.334. The van der Waals surface area contributed by atoms with Crippen molar-refractivity contribution in [3.63, 3.8) is 0 Å². The Morgan fingerprint density at radius 2 is 2.14 bits per heavy atom. The minimum Gasteiger partial charge on any atom is -0.462 e. The Hall–Kier alpha value is -2.56. The van der Waals surface area contributed by atoms with E-state index in [9.17, 15) is 4.79 Å². The third-order valence-electron chi connectivity index (χ3n) is 3.28. The first-order valence-corrected chi connectivity index (χ1v) is 6.72. The first-order valence-electron chi connectivity index (χ1n) is 6.72. The van der Waals surface area contributed by atoms with E-state index in [4.69, 9.17) is 9.94 Å². The molecule has 1 N–H and O–H groups in total. The molecule has 0 aliphatic carbocycles. The molecule has 1 aromatic heterocycles. The number of ether oxygens (including phenoxy) is 1.